The molecule has 1 aliphatic rings. The molecule has 1 amide bonds. The zero-order valence-electron chi connectivity index (χ0n) is 12.7. The summed E-state index contributed by atoms with van der Waals surface area (Å²) in [4.78, 5) is 14.0. The van der Waals surface area contributed by atoms with Gasteiger partial charge >= 0.3 is 0 Å². The van der Waals surface area contributed by atoms with E-state index in [4.69, 9.17) is 0 Å². The second-order valence-corrected chi connectivity index (χ2v) is 6.60. The van der Waals surface area contributed by atoms with Gasteiger partial charge in [-0.15, -0.1) is 0 Å². The SMILES string of the molecule is CC(CC(C)(C)c1ccccc1)N1CC(CO)CC1=O. The second kappa shape index (κ2) is 5.96. The first-order chi connectivity index (χ1) is 9.44. The molecule has 2 unspecified atom stereocenters. The summed E-state index contributed by atoms with van der Waals surface area (Å²) in [5.41, 5.74) is 1.34. The third kappa shape index (κ3) is 3.21. The Morgan fingerprint density at radius 2 is 2.00 bits per heavy atom. The number of aliphatic hydroxyl groups excluding tert-OH is 1. The van der Waals surface area contributed by atoms with Crippen LogP contribution in [0, 0.1) is 5.92 Å². The Kier molecular flexibility index (Phi) is 4.48. The number of likely N-dealkylation sites (tertiary alicyclic amines) is 1. The average Bonchev–Trinajstić information content (AvgIpc) is 2.81. The van der Waals surface area contributed by atoms with Crippen LogP contribution in [0.3, 0.4) is 0 Å². The lowest BCUT2D eigenvalue weighted by molar-refractivity contribution is -0.129. The van der Waals surface area contributed by atoms with Crippen LogP contribution in [-0.2, 0) is 10.2 Å². The first-order valence-corrected chi connectivity index (χ1v) is 7.40. The topological polar surface area (TPSA) is 40.5 Å². The highest BCUT2D eigenvalue weighted by atomic mass is 16.3. The number of hydrogen-bond donors (Lipinski definition) is 1. The van der Waals surface area contributed by atoms with Gasteiger partial charge in [-0.25, -0.2) is 0 Å². The minimum atomic E-state index is 0.0399. The van der Waals surface area contributed by atoms with Gasteiger partial charge in [0.25, 0.3) is 0 Å². The molecule has 1 aliphatic heterocycles. The number of rotatable bonds is 5. The van der Waals surface area contributed by atoms with Crippen molar-refractivity contribution in [2.75, 3.05) is 13.2 Å². The predicted molar refractivity (Wildman–Crippen MR) is 80.5 cm³/mol. The van der Waals surface area contributed by atoms with Crippen LogP contribution in [0.5, 0.6) is 0 Å². The molecule has 1 N–H and O–H groups in total. The first-order valence-electron chi connectivity index (χ1n) is 7.40. The number of aliphatic hydroxyl groups is 1. The van der Waals surface area contributed by atoms with Crippen LogP contribution in [0.1, 0.15) is 39.2 Å². The number of nitrogens with zero attached hydrogens (tertiary/aromatic N) is 1. The normalized spacial score (nSPS) is 21.3. The fraction of sp³-hybridized carbons (Fsp3) is 0.588. The van der Waals surface area contributed by atoms with Crippen LogP contribution in [0.4, 0.5) is 0 Å². The van der Waals surface area contributed by atoms with Gasteiger partial charge in [0.1, 0.15) is 0 Å². The number of carbonyl (C=O) groups excluding carboxylic acids is 1. The monoisotopic (exact) mass is 275 g/mol. The highest BCUT2D eigenvalue weighted by Gasteiger charge is 2.34. The van der Waals surface area contributed by atoms with Crippen LogP contribution in [-0.4, -0.2) is 35.1 Å². The van der Waals surface area contributed by atoms with Crippen molar-refractivity contribution in [2.24, 2.45) is 5.92 Å². The lowest BCUT2D eigenvalue weighted by Gasteiger charge is -2.33. The lowest BCUT2D eigenvalue weighted by atomic mass is 9.79. The van der Waals surface area contributed by atoms with Crippen molar-refractivity contribution in [3.63, 3.8) is 0 Å². The summed E-state index contributed by atoms with van der Waals surface area (Å²) >= 11 is 0. The Balaban J connectivity index is 2.04. The average molecular weight is 275 g/mol. The maximum absolute atomic E-state index is 12.0. The van der Waals surface area contributed by atoms with Crippen molar-refractivity contribution < 1.29 is 9.90 Å². The number of amides is 1. The summed E-state index contributed by atoms with van der Waals surface area (Å²) in [6.07, 6.45) is 1.42. The van der Waals surface area contributed by atoms with E-state index < -0.39 is 0 Å². The molecule has 1 fully saturated rings. The molecule has 3 heteroatoms. The minimum Gasteiger partial charge on any atom is -0.396 e. The van der Waals surface area contributed by atoms with Crippen molar-refractivity contribution in [3.05, 3.63) is 35.9 Å². The third-order valence-electron chi connectivity index (χ3n) is 4.39. The first kappa shape index (κ1) is 15.0. The zero-order chi connectivity index (χ0) is 14.8. The summed E-state index contributed by atoms with van der Waals surface area (Å²) in [6, 6.07) is 10.6. The zero-order valence-corrected chi connectivity index (χ0v) is 12.7. The Hall–Kier alpha value is -1.35. The van der Waals surface area contributed by atoms with Gasteiger partial charge in [0.05, 0.1) is 0 Å². The highest BCUT2D eigenvalue weighted by Crippen LogP contribution is 2.31. The number of carbonyl (C=O) groups is 1. The lowest BCUT2D eigenvalue weighted by Crippen LogP contribution is -2.38. The van der Waals surface area contributed by atoms with Crippen LogP contribution in [0.25, 0.3) is 0 Å². The van der Waals surface area contributed by atoms with Gasteiger partial charge in [0.15, 0.2) is 0 Å². The number of benzene rings is 1. The molecule has 0 radical (unpaired) electrons. The van der Waals surface area contributed by atoms with Crippen LogP contribution in [0.15, 0.2) is 30.3 Å². The molecule has 1 heterocycles. The van der Waals surface area contributed by atoms with E-state index in [2.05, 4.69) is 45.0 Å². The molecule has 2 rings (SSSR count). The summed E-state index contributed by atoms with van der Waals surface area (Å²) in [7, 11) is 0. The van der Waals surface area contributed by atoms with Crippen molar-refractivity contribution in [1.29, 1.82) is 0 Å². The van der Waals surface area contributed by atoms with Crippen LogP contribution < -0.4 is 0 Å². The molecule has 20 heavy (non-hydrogen) atoms. The van der Waals surface area contributed by atoms with Crippen LogP contribution >= 0.6 is 0 Å². The van der Waals surface area contributed by atoms with Gasteiger partial charge in [-0.05, 0) is 24.3 Å². The Bertz CT molecular complexity index is 455. The molecule has 0 spiro atoms. The van der Waals surface area contributed by atoms with E-state index in [1.807, 2.05) is 11.0 Å². The largest absolute Gasteiger partial charge is 0.396 e. The Labute approximate surface area is 121 Å². The fourth-order valence-corrected chi connectivity index (χ4v) is 3.21. The van der Waals surface area contributed by atoms with Gasteiger partial charge in [-0.2, -0.15) is 0 Å². The van der Waals surface area contributed by atoms with Gasteiger partial charge in [0.2, 0.25) is 5.91 Å². The standard InChI is InChI=1S/C17H25NO2/c1-13(18-11-14(12-19)9-16(18)20)10-17(2,3)15-7-5-4-6-8-15/h4-8,13-14,19H,9-12H2,1-3H3. The van der Waals surface area contributed by atoms with Crippen molar-refractivity contribution in [3.8, 4) is 0 Å². The molecule has 0 saturated carbocycles. The molecule has 110 valence electrons. The van der Waals surface area contributed by atoms with E-state index in [1.165, 1.54) is 5.56 Å². The molecule has 2 atom stereocenters. The quantitative estimate of drug-likeness (QED) is 0.897. The maximum atomic E-state index is 12.0. The van der Waals surface area contributed by atoms with Gasteiger partial charge < -0.3 is 10.0 Å². The summed E-state index contributed by atoms with van der Waals surface area (Å²) < 4.78 is 0. The Morgan fingerprint density at radius 1 is 1.35 bits per heavy atom. The van der Waals surface area contributed by atoms with Crippen LogP contribution in [0.2, 0.25) is 0 Å². The van der Waals surface area contributed by atoms with E-state index in [0.717, 1.165) is 6.42 Å². The van der Waals surface area contributed by atoms with E-state index in [0.29, 0.717) is 13.0 Å². The van der Waals surface area contributed by atoms with Gasteiger partial charge in [-0.1, -0.05) is 44.2 Å². The van der Waals surface area contributed by atoms with E-state index in [-0.39, 0.29) is 29.9 Å². The molecular formula is C17H25NO2. The second-order valence-electron chi connectivity index (χ2n) is 6.60. The summed E-state index contributed by atoms with van der Waals surface area (Å²) in [5.74, 6) is 0.296. The molecular weight excluding hydrogens is 250 g/mol. The van der Waals surface area contributed by atoms with Gasteiger partial charge in [0, 0.05) is 31.5 Å². The molecule has 1 aromatic rings. The molecule has 3 nitrogen and oxygen atoms in total. The summed E-state index contributed by atoms with van der Waals surface area (Å²) in [6.45, 7) is 7.37. The predicted octanol–water partition coefficient (Wildman–Crippen LogP) is 2.58. The number of hydrogen-bond acceptors (Lipinski definition) is 2. The van der Waals surface area contributed by atoms with Gasteiger partial charge in [-0.3, -0.25) is 4.79 Å². The van der Waals surface area contributed by atoms with Crippen molar-refractivity contribution in [2.45, 2.75) is 45.1 Å². The fourth-order valence-electron chi connectivity index (χ4n) is 3.21. The van der Waals surface area contributed by atoms with E-state index >= 15 is 0 Å². The molecule has 0 bridgehead atoms. The third-order valence-corrected chi connectivity index (χ3v) is 4.39. The molecule has 0 aliphatic carbocycles. The maximum Gasteiger partial charge on any atom is 0.223 e. The molecule has 1 aromatic carbocycles. The highest BCUT2D eigenvalue weighted by molar-refractivity contribution is 5.79. The van der Waals surface area contributed by atoms with E-state index in [9.17, 15) is 9.90 Å². The Morgan fingerprint density at radius 3 is 2.55 bits per heavy atom. The minimum absolute atomic E-state index is 0.0399. The van der Waals surface area contributed by atoms with Crippen molar-refractivity contribution >= 4 is 5.91 Å². The molecule has 1 saturated heterocycles. The molecule has 0 aromatic heterocycles. The summed E-state index contributed by atoms with van der Waals surface area (Å²) in [5, 5.41) is 9.22. The van der Waals surface area contributed by atoms with E-state index in [1.54, 1.807) is 0 Å². The van der Waals surface area contributed by atoms with Crippen molar-refractivity contribution in [1.82, 2.24) is 4.90 Å². The smallest absolute Gasteiger partial charge is 0.223 e.